The summed E-state index contributed by atoms with van der Waals surface area (Å²) in [5.41, 5.74) is 4.99. The van der Waals surface area contributed by atoms with Crippen molar-refractivity contribution < 1.29 is 22.7 Å². The van der Waals surface area contributed by atoms with Crippen LogP contribution in [0.2, 0.25) is 5.02 Å². The fraction of sp³-hybridized carbons (Fsp3) is 0.364. The van der Waals surface area contributed by atoms with E-state index in [1.807, 2.05) is 0 Å². The zero-order valence-electron chi connectivity index (χ0n) is 9.42. The molecule has 2 N–H and O–H groups in total. The largest absolute Gasteiger partial charge is 0.462 e. The number of hydrogen-bond donors (Lipinski definition) is 1. The lowest BCUT2D eigenvalue weighted by Crippen LogP contribution is -2.41. The van der Waals surface area contributed by atoms with Gasteiger partial charge in [-0.2, -0.15) is 8.78 Å². The minimum Gasteiger partial charge on any atom is -0.462 e. The second-order valence-electron chi connectivity index (χ2n) is 3.52. The van der Waals surface area contributed by atoms with Gasteiger partial charge in [-0.1, -0.05) is 11.6 Å². The Morgan fingerprint density at radius 2 is 2.11 bits per heavy atom. The van der Waals surface area contributed by atoms with Crippen LogP contribution in [-0.2, 0) is 9.53 Å². The lowest BCUT2D eigenvalue weighted by molar-refractivity contribution is -0.174. The predicted octanol–water partition coefficient (Wildman–Crippen LogP) is 2.68. The zero-order valence-corrected chi connectivity index (χ0v) is 10.2. The third kappa shape index (κ3) is 3.14. The van der Waals surface area contributed by atoms with Crippen molar-refractivity contribution in [3.63, 3.8) is 0 Å². The SMILES string of the molecule is CCOC(=O)C(F)(F)[C@@H](N)c1cc(F)cc(Cl)c1. The summed E-state index contributed by atoms with van der Waals surface area (Å²) in [4.78, 5) is 11.1. The standard InChI is InChI=1S/C11H11ClF3NO2/c1-2-18-10(17)11(14,15)9(16)6-3-7(12)5-8(13)4-6/h3-5,9H,2,16H2,1H3/t9-/m0/s1. The lowest BCUT2D eigenvalue weighted by Gasteiger charge is -2.22. The fourth-order valence-electron chi connectivity index (χ4n) is 1.32. The summed E-state index contributed by atoms with van der Waals surface area (Å²) in [6.45, 7) is 1.18. The first kappa shape index (κ1) is 14.8. The summed E-state index contributed by atoms with van der Waals surface area (Å²) in [6.07, 6.45) is 0. The Labute approximate surface area is 107 Å². The second-order valence-corrected chi connectivity index (χ2v) is 3.96. The third-order valence-corrected chi connectivity index (χ3v) is 2.40. The fourth-order valence-corrected chi connectivity index (χ4v) is 1.55. The van der Waals surface area contributed by atoms with Crippen LogP contribution in [0.1, 0.15) is 18.5 Å². The van der Waals surface area contributed by atoms with Crippen LogP contribution < -0.4 is 5.73 Å². The van der Waals surface area contributed by atoms with Gasteiger partial charge in [0.1, 0.15) is 11.9 Å². The van der Waals surface area contributed by atoms with Crippen molar-refractivity contribution in [1.29, 1.82) is 0 Å². The van der Waals surface area contributed by atoms with Crippen LogP contribution in [0.3, 0.4) is 0 Å². The number of nitrogens with two attached hydrogens (primary N) is 1. The van der Waals surface area contributed by atoms with E-state index in [-0.39, 0.29) is 17.2 Å². The summed E-state index contributed by atoms with van der Waals surface area (Å²) in [6, 6.07) is 0.789. The van der Waals surface area contributed by atoms with Crippen LogP contribution in [0.4, 0.5) is 13.2 Å². The molecule has 0 aliphatic heterocycles. The molecule has 100 valence electrons. The van der Waals surface area contributed by atoms with Gasteiger partial charge in [0.2, 0.25) is 0 Å². The van der Waals surface area contributed by atoms with E-state index in [0.717, 1.165) is 18.2 Å². The molecule has 0 amide bonds. The van der Waals surface area contributed by atoms with Gasteiger partial charge in [-0.25, -0.2) is 9.18 Å². The third-order valence-electron chi connectivity index (χ3n) is 2.18. The molecule has 0 saturated heterocycles. The van der Waals surface area contributed by atoms with Crippen molar-refractivity contribution in [2.75, 3.05) is 6.61 Å². The van der Waals surface area contributed by atoms with E-state index in [9.17, 15) is 18.0 Å². The highest BCUT2D eigenvalue weighted by atomic mass is 35.5. The molecule has 0 spiro atoms. The number of carbonyl (C=O) groups is 1. The van der Waals surface area contributed by atoms with E-state index < -0.39 is 23.8 Å². The topological polar surface area (TPSA) is 52.3 Å². The van der Waals surface area contributed by atoms with E-state index in [1.54, 1.807) is 0 Å². The van der Waals surface area contributed by atoms with Crippen molar-refractivity contribution in [3.8, 4) is 0 Å². The number of halogens is 4. The molecule has 1 atom stereocenters. The molecular formula is C11H11ClF3NO2. The van der Waals surface area contributed by atoms with E-state index in [4.69, 9.17) is 17.3 Å². The number of alkyl halides is 2. The quantitative estimate of drug-likeness (QED) is 0.863. The minimum absolute atomic E-state index is 0.0832. The number of esters is 1. The molecule has 0 unspecified atom stereocenters. The highest BCUT2D eigenvalue weighted by Gasteiger charge is 2.47. The van der Waals surface area contributed by atoms with Crippen molar-refractivity contribution in [1.82, 2.24) is 0 Å². The van der Waals surface area contributed by atoms with Crippen LogP contribution in [-0.4, -0.2) is 18.5 Å². The Morgan fingerprint density at radius 1 is 1.50 bits per heavy atom. The van der Waals surface area contributed by atoms with Crippen LogP contribution in [0.15, 0.2) is 18.2 Å². The lowest BCUT2D eigenvalue weighted by atomic mass is 10.0. The number of rotatable bonds is 4. The molecule has 0 bridgehead atoms. The van der Waals surface area contributed by atoms with E-state index in [2.05, 4.69) is 4.74 Å². The maximum absolute atomic E-state index is 13.6. The average Bonchev–Trinajstić information content (AvgIpc) is 2.26. The van der Waals surface area contributed by atoms with Crippen molar-refractivity contribution in [3.05, 3.63) is 34.6 Å². The van der Waals surface area contributed by atoms with Gasteiger partial charge in [-0.05, 0) is 30.7 Å². The van der Waals surface area contributed by atoms with Crippen molar-refractivity contribution in [2.45, 2.75) is 18.9 Å². The van der Waals surface area contributed by atoms with Gasteiger partial charge >= 0.3 is 11.9 Å². The normalized spacial score (nSPS) is 13.2. The Balaban J connectivity index is 3.04. The van der Waals surface area contributed by atoms with Gasteiger partial charge in [-0.3, -0.25) is 0 Å². The average molecular weight is 282 g/mol. The molecule has 0 heterocycles. The molecule has 1 aromatic rings. The molecule has 3 nitrogen and oxygen atoms in total. The molecule has 18 heavy (non-hydrogen) atoms. The van der Waals surface area contributed by atoms with Gasteiger partial charge in [0.05, 0.1) is 6.61 Å². The van der Waals surface area contributed by atoms with Crippen LogP contribution in [0, 0.1) is 5.82 Å². The summed E-state index contributed by atoms with van der Waals surface area (Å²) < 4.78 is 44.4. The predicted molar refractivity (Wildman–Crippen MR) is 59.9 cm³/mol. The first-order valence-electron chi connectivity index (χ1n) is 5.05. The maximum Gasteiger partial charge on any atom is 0.379 e. The smallest absolute Gasteiger partial charge is 0.379 e. The monoisotopic (exact) mass is 281 g/mol. The van der Waals surface area contributed by atoms with E-state index in [0.29, 0.717) is 0 Å². The Kier molecular flexibility index (Phi) is 4.59. The molecule has 1 rings (SSSR count). The first-order chi connectivity index (χ1) is 8.28. The summed E-state index contributed by atoms with van der Waals surface area (Å²) in [5, 5.41) is -0.0832. The first-order valence-corrected chi connectivity index (χ1v) is 5.43. The van der Waals surface area contributed by atoms with Gasteiger partial charge in [0.15, 0.2) is 0 Å². The molecule has 0 saturated carbocycles. The second kappa shape index (κ2) is 5.58. The molecule has 1 aromatic carbocycles. The maximum atomic E-state index is 13.6. The molecule has 0 radical (unpaired) electrons. The number of benzene rings is 1. The van der Waals surface area contributed by atoms with Crippen molar-refractivity contribution >= 4 is 17.6 Å². The molecule has 0 fully saturated rings. The van der Waals surface area contributed by atoms with Crippen LogP contribution >= 0.6 is 11.6 Å². The number of ether oxygens (including phenoxy) is 1. The molecule has 0 aliphatic carbocycles. The molecular weight excluding hydrogens is 271 g/mol. The summed E-state index contributed by atoms with van der Waals surface area (Å²) in [7, 11) is 0. The van der Waals surface area contributed by atoms with E-state index in [1.165, 1.54) is 6.92 Å². The summed E-state index contributed by atoms with van der Waals surface area (Å²) in [5.74, 6) is -6.52. The number of carbonyl (C=O) groups excluding carboxylic acids is 1. The molecule has 7 heteroatoms. The Bertz CT molecular complexity index is 434. The van der Waals surface area contributed by atoms with Crippen LogP contribution in [0.5, 0.6) is 0 Å². The number of hydrogen-bond acceptors (Lipinski definition) is 3. The Hall–Kier alpha value is -1.27. The van der Waals surface area contributed by atoms with Gasteiger partial charge in [0, 0.05) is 5.02 Å². The van der Waals surface area contributed by atoms with Gasteiger partial charge < -0.3 is 10.5 Å². The minimum atomic E-state index is -3.95. The highest BCUT2D eigenvalue weighted by molar-refractivity contribution is 6.30. The van der Waals surface area contributed by atoms with Crippen molar-refractivity contribution in [2.24, 2.45) is 5.73 Å². The molecule has 0 aromatic heterocycles. The molecule has 0 aliphatic rings. The van der Waals surface area contributed by atoms with Crippen LogP contribution in [0.25, 0.3) is 0 Å². The summed E-state index contributed by atoms with van der Waals surface area (Å²) >= 11 is 5.53. The Morgan fingerprint density at radius 3 is 2.61 bits per heavy atom. The van der Waals surface area contributed by atoms with Gasteiger partial charge in [0.25, 0.3) is 0 Å². The highest BCUT2D eigenvalue weighted by Crippen LogP contribution is 2.32. The van der Waals surface area contributed by atoms with Gasteiger partial charge in [-0.15, -0.1) is 0 Å². The van der Waals surface area contributed by atoms with E-state index >= 15 is 0 Å². The zero-order chi connectivity index (χ0) is 13.9.